The number of alkyl halides is 3. The van der Waals surface area contributed by atoms with Crippen LogP contribution in [0.1, 0.15) is 49.8 Å². The van der Waals surface area contributed by atoms with Gasteiger partial charge >= 0.3 is 6.18 Å². The van der Waals surface area contributed by atoms with Gasteiger partial charge in [-0.3, -0.25) is 4.79 Å². The van der Waals surface area contributed by atoms with Crippen LogP contribution in [0.3, 0.4) is 0 Å². The number of rotatable bonds is 4. The van der Waals surface area contributed by atoms with E-state index in [0.717, 1.165) is 30.4 Å². The Morgan fingerprint density at radius 3 is 2.92 bits per heavy atom. The van der Waals surface area contributed by atoms with Gasteiger partial charge in [-0.05, 0) is 62.4 Å². The van der Waals surface area contributed by atoms with Crippen molar-refractivity contribution in [2.24, 2.45) is 0 Å². The molecule has 1 aromatic carbocycles. The van der Waals surface area contributed by atoms with Crippen molar-refractivity contribution in [3.63, 3.8) is 0 Å². The Hall–Kier alpha value is -1.76. The highest BCUT2D eigenvalue weighted by atomic mass is 19.4. The molecule has 0 unspecified atom stereocenters. The van der Waals surface area contributed by atoms with Crippen molar-refractivity contribution in [2.45, 2.75) is 57.3 Å². The molecule has 0 aromatic heterocycles. The molecule has 2 atom stereocenters. The molecule has 4 nitrogen and oxygen atoms in total. The molecular formula is C17H21F3N2O2. The number of benzene rings is 1. The zero-order chi connectivity index (χ0) is 17.3. The molecule has 2 N–H and O–H groups in total. The molecule has 1 aliphatic carbocycles. The average molecular weight is 342 g/mol. The number of halogens is 3. The molecule has 0 fully saturated rings. The number of nitrogens with one attached hydrogen (secondary N) is 2. The van der Waals surface area contributed by atoms with Crippen molar-refractivity contribution in [3.05, 3.63) is 23.3 Å². The molecular weight excluding hydrogens is 321 g/mol. The fourth-order valence-corrected chi connectivity index (χ4v) is 3.28. The third-order valence-electron chi connectivity index (χ3n) is 4.51. The van der Waals surface area contributed by atoms with Gasteiger partial charge in [0.05, 0.1) is 5.69 Å². The molecule has 0 saturated carbocycles. The fourth-order valence-electron chi connectivity index (χ4n) is 3.28. The molecule has 1 heterocycles. The lowest BCUT2D eigenvalue weighted by Gasteiger charge is -2.30. The lowest BCUT2D eigenvalue weighted by Crippen LogP contribution is -2.35. The second-order valence-corrected chi connectivity index (χ2v) is 6.41. The molecule has 0 radical (unpaired) electrons. The Morgan fingerprint density at radius 2 is 2.17 bits per heavy atom. The Labute approximate surface area is 138 Å². The van der Waals surface area contributed by atoms with Crippen LogP contribution in [-0.4, -0.2) is 24.7 Å². The van der Waals surface area contributed by atoms with Gasteiger partial charge in [-0.15, -0.1) is 0 Å². The summed E-state index contributed by atoms with van der Waals surface area (Å²) in [5, 5.41) is 6.05. The largest absolute Gasteiger partial charge is 0.479 e. The van der Waals surface area contributed by atoms with Crippen LogP contribution in [0.25, 0.3) is 0 Å². The predicted molar refractivity (Wildman–Crippen MR) is 84.1 cm³/mol. The standard InChI is InChI=1S/C17H21F3N2O2/c1-10-16(23)22-14-9-12-11(8-15(14)24-10)4-2-5-13(12)21-7-3-6-17(18,19)20/h8-10,13,21H,2-7H2,1H3,(H,22,23)/t10-,13+/m0/s1. The SMILES string of the molecule is C[C@@H]1Oc2cc3c(cc2NC1=O)[C@H](NCCCC(F)(F)F)CCC3. The summed E-state index contributed by atoms with van der Waals surface area (Å²) in [7, 11) is 0. The van der Waals surface area contributed by atoms with Gasteiger partial charge in [0.15, 0.2) is 6.10 Å². The van der Waals surface area contributed by atoms with Crippen molar-refractivity contribution in [1.82, 2.24) is 5.32 Å². The first-order chi connectivity index (χ1) is 11.3. The van der Waals surface area contributed by atoms with E-state index in [1.54, 1.807) is 6.92 Å². The van der Waals surface area contributed by atoms with Gasteiger partial charge in [0, 0.05) is 12.5 Å². The normalized spacial score (nSPS) is 23.1. The highest BCUT2D eigenvalue weighted by Crippen LogP contribution is 2.39. The zero-order valence-corrected chi connectivity index (χ0v) is 13.5. The minimum Gasteiger partial charge on any atom is -0.479 e. The van der Waals surface area contributed by atoms with Crippen LogP contribution in [-0.2, 0) is 11.2 Å². The van der Waals surface area contributed by atoms with Gasteiger partial charge in [-0.2, -0.15) is 13.2 Å². The van der Waals surface area contributed by atoms with Crippen LogP contribution in [0.15, 0.2) is 12.1 Å². The molecule has 132 valence electrons. The zero-order valence-electron chi connectivity index (χ0n) is 13.5. The van der Waals surface area contributed by atoms with Gasteiger partial charge in [0.25, 0.3) is 5.91 Å². The van der Waals surface area contributed by atoms with Gasteiger partial charge in [-0.1, -0.05) is 0 Å². The quantitative estimate of drug-likeness (QED) is 0.820. The first-order valence-electron chi connectivity index (χ1n) is 8.28. The summed E-state index contributed by atoms with van der Waals surface area (Å²) >= 11 is 0. The number of aryl methyl sites for hydroxylation is 1. The Morgan fingerprint density at radius 1 is 1.38 bits per heavy atom. The summed E-state index contributed by atoms with van der Waals surface area (Å²) in [5.41, 5.74) is 2.82. The molecule has 3 rings (SSSR count). The number of ether oxygens (including phenoxy) is 1. The van der Waals surface area contributed by atoms with Crippen molar-refractivity contribution in [2.75, 3.05) is 11.9 Å². The third kappa shape index (κ3) is 3.83. The van der Waals surface area contributed by atoms with E-state index in [0.29, 0.717) is 18.0 Å². The first kappa shape index (κ1) is 17.1. The second-order valence-electron chi connectivity index (χ2n) is 6.41. The maximum atomic E-state index is 12.2. The third-order valence-corrected chi connectivity index (χ3v) is 4.51. The topological polar surface area (TPSA) is 50.4 Å². The van der Waals surface area contributed by atoms with E-state index in [-0.39, 0.29) is 18.4 Å². The van der Waals surface area contributed by atoms with E-state index in [1.165, 1.54) is 0 Å². The van der Waals surface area contributed by atoms with Crippen LogP contribution >= 0.6 is 0 Å². The Bertz CT molecular complexity index is 631. The molecule has 0 bridgehead atoms. The lowest BCUT2D eigenvalue weighted by atomic mass is 9.86. The Balaban J connectivity index is 1.71. The number of carbonyl (C=O) groups excluding carboxylic acids is 1. The van der Waals surface area contributed by atoms with E-state index in [2.05, 4.69) is 10.6 Å². The maximum absolute atomic E-state index is 12.2. The molecule has 1 amide bonds. The molecule has 1 aromatic rings. The smallest absolute Gasteiger partial charge is 0.389 e. The molecule has 2 aliphatic rings. The minimum absolute atomic E-state index is 0.0172. The lowest BCUT2D eigenvalue weighted by molar-refractivity contribution is -0.135. The molecule has 7 heteroatoms. The van der Waals surface area contributed by atoms with Crippen LogP contribution in [0.4, 0.5) is 18.9 Å². The molecule has 1 aliphatic heterocycles. The average Bonchev–Trinajstić information content (AvgIpc) is 2.50. The molecule has 0 spiro atoms. The van der Waals surface area contributed by atoms with E-state index >= 15 is 0 Å². The number of amides is 1. The number of carbonyl (C=O) groups is 1. The van der Waals surface area contributed by atoms with Gasteiger partial charge < -0.3 is 15.4 Å². The summed E-state index contributed by atoms with van der Waals surface area (Å²) in [6, 6.07) is 3.86. The monoisotopic (exact) mass is 342 g/mol. The van der Waals surface area contributed by atoms with E-state index in [1.807, 2.05) is 12.1 Å². The number of fused-ring (bicyclic) bond motifs is 2. The summed E-state index contributed by atoms with van der Waals surface area (Å²) in [6.45, 7) is 2.02. The summed E-state index contributed by atoms with van der Waals surface area (Å²) < 4.78 is 42.3. The molecule has 0 saturated heterocycles. The Kier molecular flexibility index (Phi) is 4.71. The molecule has 24 heavy (non-hydrogen) atoms. The van der Waals surface area contributed by atoms with E-state index in [9.17, 15) is 18.0 Å². The van der Waals surface area contributed by atoms with Crippen molar-refractivity contribution >= 4 is 11.6 Å². The number of anilines is 1. The summed E-state index contributed by atoms with van der Waals surface area (Å²) in [4.78, 5) is 11.8. The first-order valence-corrected chi connectivity index (χ1v) is 8.28. The van der Waals surface area contributed by atoms with Crippen molar-refractivity contribution in [1.29, 1.82) is 0 Å². The number of hydrogen-bond donors (Lipinski definition) is 2. The summed E-state index contributed by atoms with van der Waals surface area (Å²) in [5.74, 6) is 0.478. The minimum atomic E-state index is -4.11. The van der Waals surface area contributed by atoms with Crippen LogP contribution < -0.4 is 15.4 Å². The van der Waals surface area contributed by atoms with E-state index in [4.69, 9.17) is 4.74 Å². The fraction of sp³-hybridized carbons (Fsp3) is 0.588. The predicted octanol–water partition coefficient (Wildman–Crippen LogP) is 3.72. The van der Waals surface area contributed by atoms with Gasteiger partial charge in [-0.25, -0.2) is 0 Å². The maximum Gasteiger partial charge on any atom is 0.389 e. The van der Waals surface area contributed by atoms with Crippen molar-refractivity contribution in [3.8, 4) is 5.75 Å². The van der Waals surface area contributed by atoms with Crippen LogP contribution in [0, 0.1) is 0 Å². The van der Waals surface area contributed by atoms with Crippen LogP contribution in [0.5, 0.6) is 5.75 Å². The highest BCUT2D eigenvalue weighted by molar-refractivity contribution is 5.97. The van der Waals surface area contributed by atoms with E-state index < -0.39 is 18.7 Å². The van der Waals surface area contributed by atoms with Gasteiger partial charge in [0.2, 0.25) is 0 Å². The summed E-state index contributed by atoms with van der Waals surface area (Å²) in [6.07, 6.45) is -2.56. The van der Waals surface area contributed by atoms with Crippen molar-refractivity contribution < 1.29 is 22.7 Å². The van der Waals surface area contributed by atoms with Gasteiger partial charge in [0.1, 0.15) is 5.75 Å². The second kappa shape index (κ2) is 6.63. The van der Waals surface area contributed by atoms with Crippen LogP contribution in [0.2, 0.25) is 0 Å². The highest BCUT2D eigenvalue weighted by Gasteiger charge is 2.29. The number of hydrogen-bond acceptors (Lipinski definition) is 3.